The van der Waals surface area contributed by atoms with Crippen molar-refractivity contribution >= 4 is 54.9 Å². The molecule has 0 bridgehead atoms. The molecule has 7 nitrogen and oxygen atoms in total. The van der Waals surface area contributed by atoms with Gasteiger partial charge < -0.3 is 8.83 Å². The lowest BCUT2D eigenvalue weighted by molar-refractivity contribution is 0.668. The zero-order valence-corrected chi connectivity index (χ0v) is 31.5. The Hall–Kier alpha value is -8.16. The third-order valence-corrected chi connectivity index (χ3v) is 11.1. The molecule has 12 aromatic rings. The van der Waals surface area contributed by atoms with Gasteiger partial charge in [0.15, 0.2) is 17.5 Å². The monoisotopic (exact) mass is 757 g/mol. The van der Waals surface area contributed by atoms with E-state index in [1.807, 2.05) is 84.9 Å². The number of furan rings is 2. The average molecular weight is 758 g/mol. The van der Waals surface area contributed by atoms with E-state index in [-0.39, 0.29) is 0 Å². The maximum Gasteiger partial charge on any atom is 0.167 e. The first-order valence-electron chi connectivity index (χ1n) is 19.5. The van der Waals surface area contributed by atoms with Gasteiger partial charge in [0.05, 0.1) is 16.6 Å². The second kappa shape index (κ2) is 13.2. The van der Waals surface area contributed by atoms with Crippen molar-refractivity contribution in [1.29, 1.82) is 0 Å². The molecule has 0 saturated carbocycles. The van der Waals surface area contributed by atoms with Crippen LogP contribution >= 0.6 is 0 Å². The van der Waals surface area contributed by atoms with E-state index in [0.29, 0.717) is 17.5 Å². The van der Waals surface area contributed by atoms with Crippen LogP contribution in [0.2, 0.25) is 0 Å². The largest absolute Gasteiger partial charge is 0.456 e. The van der Waals surface area contributed by atoms with E-state index in [0.717, 1.165) is 99.8 Å². The summed E-state index contributed by atoms with van der Waals surface area (Å²) in [5, 5.41) is 3.97. The minimum absolute atomic E-state index is 0.530. The second-order valence-corrected chi connectivity index (χ2v) is 14.6. The molecule has 7 heteroatoms. The van der Waals surface area contributed by atoms with Crippen molar-refractivity contribution in [3.63, 3.8) is 0 Å². The van der Waals surface area contributed by atoms with Crippen LogP contribution in [0.4, 0.5) is 0 Å². The summed E-state index contributed by atoms with van der Waals surface area (Å²) in [7, 11) is 0. The van der Waals surface area contributed by atoms with Gasteiger partial charge in [-0.05, 0) is 71.8 Å². The molecule has 0 fully saturated rings. The highest BCUT2D eigenvalue weighted by molar-refractivity contribution is 6.13. The summed E-state index contributed by atoms with van der Waals surface area (Å²) in [6.07, 6.45) is 0. The maximum atomic E-state index is 6.52. The molecule has 0 N–H and O–H groups in total. The molecule has 276 valence electrons. The van der Waals surface area contributed by atoms with E-state index in [2.05, 4.69) is 108 Å². The van der Waals surface area contributed by atoms with Crippen LogP contribution in [-0.4, -0.2) is 24.5 Å². The summed E-state index contributed by atoms with van der Waals surface area (Å²) < 4.78 is 15.2. The van der Waals surface area contributed by atoms with Gasteiger partial charge in [-0.15, -0.1) is 0 Å². The van der Waals surface area contributed by atoms with Crippen molar-refractivity contribution in [3.8, 4) is 62.4 Å². The van der Waals surface area contributed by atoms with Gasteiger partial charge in [0, 0.05) is 43.9 Å². The maximum absolute atomic E-state index is 6.52. The van der Waals surface area contributed by atoms with E-state index in [4.69, 9.17) is 28.8 Å². The summed E-state index contributed by atoms with van der Waals surface area (Å²) in [6, 6.07) is 63.9. The normalized spacial score (nSPS) is 11.7. The molecule has 0 atom stereocenters. The van der Waals surface area contributed by atoms with Gasteiger partial charge in [0.2, 0.25) is 0 Å². The van der Waals surface area contributed by atoms with E-state index in [9.17, 15) is 0 Å². The van der Waals surface area contributed by atoms with Gasteiger partial charge in [0.1, 0.15) is 28.2 Å². The van der Waals surface area contributed by atoms with Crippen LogP contribution in [0.5, 0.6) is 0 Å². The third kappa shape index (κ3) is 5.44. The van der Waals surface area contributed by atoms with Crippen LogP contribution in [0.25, 0.3) is 117 Å². The number of para-hydroxylation sites is 5. The van der Waals surface area contributed by atoms with E-state index in [1.54, 1.807) is 0 Å². The Bertz CT molecular complexity index is 3570. The Morgan fingerprint density at radius 2 is 1.00 bits per heavy atom. The predicted octanol–water partition coefficient (Wildman–Crippen LogP) is 13.3. The molecule has 8 aromatic carbocycles. The van der Waals surface area contributed by atoms with Crippen LogP contribution in [0.15, 0.2) is 197 Å². The lowest BCUT2D eigenvalue weighted by Crippen LogP contribution is -2.00. The Morgan fingerprint density at radius 3 is 1.90 bits per heavy atom. The lowest BCUT2D eigenvalue weighted by Gasteiger charge is -2.11. The first-order chi connectivity index (χ1) is 29.2. The van der Waals surface area contributed by atoms with Crippen molar-refractivity contribution in [3.05, 3.63) is 188 Å². The average Bonchev–Trinajstić information content (AvgIpc) is 4.01. The molecule has 59 heavy (non-hydrogen) atoms. The Morgan fingerprint density at radius 1 is 0.373 bits per heavy atom. The standard InChI is InChI=1S/C52H31N5O2/c1-3-14-32(15-4-1)49-54-50(56-51(55-49)40-23-12-21-38-37-20-7-10-26-44(37)59-48(38)40)39-22-13-27-46-47(39)41-31-34(28-29-45(41)58-46)33-16-11-17-35(30-33)52-53-42-24-8-9-25-43(42)57(52)36-18-5-2-6-19-36/h1-31H. The topological polar surface area (TPSA) is 82.8 Å². The summed E-state index contributed by atoms with van der Waals surface area (Å²) in [6.45, 7) is 0. The number of nitrogens with zero attached hydrogens (tertiary/aromatic N) is 5. The number of fused-ring (bicyclic) bond motifs is 7. The van der Waals surface area contributed by atoms with Gasteiger partial charge in [0.25, 0.3) is 0 Å². The summed E-state index contributed by atoms with van der Waals surface area (Å²) in [5.41, 5.74) is 11.8. The third-order valence-electron chi connectivity index (χ3n) is 11.1. The van der Waals surface area contributed by atoms with Crippen LogP contribution in [0.3, 0.4) is 0 Å². The van der Waals surface area contributed by atoms with Gasteiger partial charge in [-0.2, -0.15) is 0 Å². The van der Waals surface area contributed by atoms with Gasteiger partial charge in [-0.1, -0.05) is 127 Å². The van der Waals surface area contributed by atoms with Crippen molar-refractivity contribution in [2.75, 3.05) is 0 Å². The molecule has 12 rings (SSSR count). The first-order valence-corrected chi connectivity index (χ1v) is 19.5. The second-order valence-electron chi connectivity index (χ2n) is 14.6. The van der Waals surface area contributed by atoms with Crippen molar-refractivity contribution in [1.82, 2.24) is 24.5 Å². The van der Waals surface area contributed by atoms with Crippen molar-refractivity contribution in [2.45, 2.75) is 0 Å². The molecule has 0 spiro atoms. The number of rotatable bonds is 6. The highest BCUT2D eigenvalue weighted by Gasteiger charge is 2.21. The van der Waals surface area contributed by atoms with Gasteiger partial charge in [-0.3, -0.25) is 4.57 Å². The van der Waals surface area contributed by atoms with Crippen molar-refractivity contribution < 1.29 is 8.83 Å². The molecule has 4 aromatic heterocycles. The number of hydrogen-bond donors (Lipinski definition) is 0. The fraction of sp³-hybridized carbons (Fsp3) is 0. The fourth-order valence-electron chi connectivity index (χ4n) is 8.35. The Labute approximate surface area is 337 Å². The lowest BCUT2D eigenvalue weighted by atomic mass is 9.99. The molecule has 0 saturated heterocycles. The minimum Gasteiger partial charge on any atom is -0.456 e. The molecule has 0 amide bonds. The predicted molar refractivity (Wildman–Crippen MR) is 236 cm³/mol. The summed E-state index contributed by atoms with van der Waals surface area (Å²) >= 11 is 0. The van der Waals surface area contributed by atoms with E-state index in [1.165, 1.54) is 0 Å². The molecule has 0 aliphatic carbocycles. The zero-order chi connectivity index (χ0) is 38.9. The molecule has 0 radical (unpaired) electrons. The van der Waals surface area contributed by atoms with Gasteiger partial charge in [-0.25, -0.2) is 19.9 Å². The molecular formula is C52H31N5O2. The minimum atomic E-state index is 0.530. The number of hydrogen-bond acceptors (Lipinski definition) is 6. The zero-order valence-electron chi connectivity index (χ0n) is 31.5. The van der Waals surface area contributed by atoms with Crippen LogP contribution in [-0.2, 0) is 0 Å². The van der Waals surface area contributed by atoms with Crippen LogP contribution < -0.4 is 0 Å². The number of benzene rings is 8. The van der Waals surface area contributed by atoms with E-state index >= 15 is 0 Å². The SMILES string of the molecule is c1ccc(-c2nc(-c3cccc4c3oc3ccccc34)nc(-c3cccc4oc5ccc(-c6cccc(-c7nc8ccccc8n7-c7ccccc7)c6)cc5c34)n2)cc1. The van der Waals surface area contributed by atoms with Crippen LogP contribution in [0, 0.1) is 0 Å². The molecule has 0 unspecified atom stereocenters. The highest BCUT2D eigenvalue weighted by atomic mass is 16.3. The highest BCUT2D eigenvalue weighted by Crippen LogP contribution is 2.40. The van der Waals surface area contributed by atoms with E-state index < -0.39 is 0 Å². The van der Waals surface area contributed by atoms with Gasteiger partial charge >= 0.3 is 0 Å². The summed E-state index contributed by atoms with van der Waals surface area (Å²) in [4.78, 5) is 20.5. The Kier molecular flexibility index (Phi) is 7.40. The fourth-order valence-corrected chi connectivity index (χ4v) is 8.35. The van der Waals surface area contributed by atoms with Crippen molar-refractivity contribution in [2.24, 2.45) is 0 Å². The first kappa shape index (κ1) is 33.0. The van der Waals surface area contributed by atoms with Crippen LogP contribution in [0.1, 0.15) is 0 Å². The smallest absolute Gasteiger partial charge is 0.167 e. The number of imidazole rings is 1. The Balaban J connectivity index is 1.03. The molecular weight excluding hydrogens is 727 g/mol. The quantitative estimate of drug-likeness (QED) is 0.168. The summed E-state index contributed by atoms with van der Waals surface area (Å²) in [5.74, 6) is 2.53. The molecule has 4 heterocycles. The number of aromatic nitrogens is 5. The molecule has 0 aliphatic rings. The molecule has 0 aliphatic heterocycles.